The monoisotopic (exact) mass is 315 g/mol. The Bertz CT molecular complexity index is 547. The van der Waals surface area contributed by atoms with Gasteiger partial charge in [-0.3, -0.25) is 4.79 Å². The van der Waals surface area contributed by atoms with E-state index in [4.69, 9.17) is 20.4 Å². The first-order chi connectivity index (χ1) is 9.69. The quantitative estimate of drug-likeness (QED) is 0.350. The Morgan fingerprint density at radius 2 is 2.14 bits per heavy atom. The van der Waals surface area contributed by atoms with Crippen molar-refractivity contribution in [3.8, 4) is 0 Å². The summed E-state index contributed by atoms with van der Waals surface area (Å²) in [5, 5.41) is 14.2. The van der Waals surface area contributed by atoms with Gasteiger partial charge in [0.15, 0.2) is 5.13 Å². The maximum Gasteiger partial charge on any atom is 0.360 e. The molecule has 0 atom stereocenters. The molecule has 0 aliphatic carbocycles. The first-order valence-electron chi connectivity index (χ1n) is 6.05. The number of aromatic nitrogens is 1. The number of ether oxygens (including phenoxy) is 1. The number of aliphatic carboxylic acids is 1. The third-order valence-corrected chi connectivity index (χ3v) is 2.61. The fraction of sp³-hybridized carbons (Fsp3) is 0.500. The molecule has 0 amide bonds. The van der Waals surface area contributed by atoms with Crippen LogP contribution < -0.4 is 5.73 Å². The number of anilines is 1. The average molecular weight is 315 g/mol. The van der Waals surface area contributed by atoms with Crippen LogP contribution in [0.4, 0.5) is 5.13 Å². The van der Waals surface area contributed by atoms with Crippen LogP contribution in [-0.2, 0) is 19.2 Å². The molecule has 0 aromatic carbocycles. The average Bonchev–Trinajstić information content (AvgIpc) is 2.72. The van der Waals surface area contributed by atoms with Crippen LogP contribution in [0.1, 0.15) is 32.9 Å². The molecule has 0 radical (unpaired) electrons. The van der Waals surface area contributed by atoms with Gasteiger partial charge in [-0.05, 0) is 20.8 Å². The molecule has 9 heteroatoms. The highest BCUT2D eigenvalue weighted by Crippen LogP contribution is 2.12. The molecule has 0 bridgehead atoms. The predicted octanol–water partition coefficient (Wildman–Crippen LogP) is 1.26. The number of nitrogens with two attached hydrogens (primary N) is 1. The second-order valence-electron chi connectivity index (χ2n) is 4.99. The van der Waals surface area contributed by atoms with Gasteiger partial charge in [0, 0.05) is 5.38 Å². The van der Waals surface area contributed by atoms with Gasteiger partial charge in [-0.2, -0.15) is 0 Å². The normalized spacial score (nSPS) is 12.0. The van der Waals surface area contributed by atoms with Crippen LogP contribution in [0.5, 0.6) is 0 Å². The van der Waals surface area contributed by atoms with Gasteiger partial charge < -0.3 is 20.4 Å². The van der Waals surface area contributed by atoms with E-state index >= 15 is 0 Å². The van der Waals surface area contributed by atoms with Gasteiger partial charge in [-0.15, -0.1) is 11.3 Å². The maximum absolute atomic E-state index is 11.4. The predicted molar refractivity (Wildman–Crippen MR) is 77.1 cm³/mol. The van der Waals surface area contributed by atoms with E-state index in [2.05, 4.69) is 10.1 Å². The Hall–Kier alpha value is -2.16. The van der Waals surface area contributed by atoms with Crippen molar-refractivity contribution in [1.29, 1.82) is 0 Å². The topological polar surface area (TPSA) is 124 Å². The van der Waals surface area contributed by atoms with Crippen LogP contribution >= 0.6 is 11.3 Å². The zero-order chi connectivity index (χ0) is 16.0. The number of rotatable bonds is 6. The van der Waals surface area contributed by atoms with Gasteiger partial charge in [-0.1, -0.05) is 5.16 Å². The van der Waals surface area contributed by atoms with Crippen LogP contribution in [0.2, 0.25) is 0 Å². The molecule has 1 heterocycles. The summed E-state index contributed by atoms with van der Waals surface area (Å²) in [5.74, 6) is -1.75. The number of esters is 1. The number of carbonyl (C=O) groups is 2. The summed E-state index contributed by atoms with van der Waals surface area (Å²) in [6.07, 6.45) is -0.0348. The molecule has 0 unspecified atom stereocenters. The van der Waals surface area contributed by atoms with Gasteiger partial charge in [-0.25, -0.2) is 9.78 Å². The van der Waals surface area contributed by atoms with Crippen molar-refractivity contribution in [1.82, 2.24) is 4.98 Å². The van der Waals surface area contributed by atoms with E-state index in [0.717, 1.165) is 11.3 Å². The third kappa shape index (κ3) is 6.21. The number of carboxylic acids is 1. The number of nitrogen functional groups attached to an aromatic ring is 1. The second-order valence-corrected chi connectivity index (χ2v) is 5.88. The summed E-state index contributed by atoms with van der Waals surface area (Å²) >= 11 is 1.09. The highest BCUT2D eigenvalue weighted by atomic mass is 32.1. The van der Waals surface area contributed by atoms with Crippen LogP contribution in [0.3, 0.4) is 0 Å². The fourth-order valence-electron chi connectivity index (χ4n) is 1.22. The third-order valence-electron chi connectivity index (χ3n) is 1.94. The van der Waals surface area contributed by atoms with Gasteiger partial charge in [0.1, 0.15) is 17.9 Å². The molecule has 0 saturated heterocycles. The Labute approximate surface area is 125 Å². The van der Waals surface area contributed by atoms with Crippen LogP contribution in [0.25, 0.3) is 0 Å². The summed E-state index contributed by atoms with van der Waals surface area (Å²) in [4.78, 5) is 31.1. The van der Waals surface area contributed by atoms with Crippen molar-refractivity contribution in [3.63, 3.8) is 0 Å². The van der Waals surface area contributed by atoms with E-state index in [1.165, 1.54) is 5.38 Å². The molecule has 21 heavy (non-hydrogen) atoms. The van der Waals surface area contributed by atoms with E-state index in [1.807, 2.05) is 0 Å². The molecule has 0 aliphatic rings. The molecular weight excluding hydrogens is 298 g/mol. The first-order valence-corrected chi connectivity index (χ1v) is 6.93. The minimum atomic E-state index is -1.29. The molecule has 0 spiro atoms. The van der Waals surface area contributed by atoms with Gasteiger partial charge in [0.05, 0.1) is 6.42 Å². The summed E-state index contributed by atoms with van der Waals surface area (Å²) in [6.45, 7) is 5.16. The van der Waals surface area contributed by atoms with E-state index in [9.17, 15) is 9.59 Å². The Morgan fingerprint density at radius 3 is 2.62 bits per heavy atom. The van der Waals surface area contributed by atoms with Gasteiger partial charge in [0.25, 0.3) is 0 Å². The lowest BCUT2D eigenvalue weighted by Crippen LogP contribution is -2.24. The molecular formula is C12H17N3O5S. The molecule has 1 aromatic rings. The standard InChI is InChI=1S/C12H17N3O5S/c1-12(2,3)20-8(16)4-5-19-15-9(10(17)18)7-6-21-11(13)14-7/h6H,4-5H2,1-3H3,(H2,13,14)(H,17,18)/b15-9-. The fourth-order valence-corrected chi connectivity index (χ4v) is 1.77. The van der Waals surface area contributed by atoms with Crippen molar-refractivity contribution in [2.24, 2.45) is 5.16 Å². The highest BCUT2D eigenvalue weighted by molar-refractivity contribution is 7.13. The second kappa shape index (κ2) is 7.02. The number of oxime groups is 1. The molecule has 3 N–H and O–H groups in total. The van der Waals surface area contributed by atoms with Gasteiger partial charge in [0.2, 0.25) is 5.71 Å². The van der Waals surface area contributed by atoms with Crippen molar-refractivity contribution in [2.45, 2.75) is 32.8 Å². The number of hydrogen-bond donors (Lipinski definition) is 2. The molecule has 0 aliphatic heterocycles. The molecule has 0 saturated carbocycles. The number of thiazole rings is 1. The lowest BCUT2D eigenvalue weighted by Gasteiger charge is -2.19. The number of hydrogen-bond acceptors (Lipinski definition) is 8. The summed E-state index contributed by atoms with van der Waals surface area (Å²) < 4.78 is 5.07. The van der Waals surface area contributed by atoms with E-state index in [-0.39, 0.29) is 29.6 Å². The van der Waals surface area contributed by atoms with Crippen molar-refractivity contribution >= 4 is 34.1 Å². The van der Waals surface area contributed by atoms with Gasteiger partial charge >= 0.3 is 11.9 Å². The number of carbonyl (C=O) groups excluding carboxylic acids is 1. The lowest BCUT2D eigenvalue weighted by molar-refractivity contribution is -0.156. The minimum Gasteiger partial charge on any atom is -0.476 e. The summed E-state index contributed by atoms with van der Waals surface area (Å²) in [5.41, 5.74) is 4.59. The van der Waals surface area contributed by atoms with Crippen molar-refractivity contribution < 1.29 is 24.3 Å². The summed E-state index contributed by atoms with van der Waals surface area (Å²) in [6, 6.07) is 0. The maximum atomic E-state index is 11.4. The SMILES string of the molecule is CC(C)(C)OC(=O)CCO/N=C(\C(=O)O)c1csc(N)n1. The molecule has 116 valence electrons. The van der Waals surface area contributed by atoms with E-state index < -0.39 is 17.5 Å². The first kappa shape index (κ1) is 16.9. The van der Waals surface area contributed by atoms with Crippen molar-refractivity contribution in [2.75, 3.05) is 12.3 Å². The van der Waals surface area contributed by atoms with E-state index in [0.29, 0.717) is 0 Å². The molecule has 8 nitrogen and oxygen atoms in total. The Morgan fingerprint density at radius 1 is 1.48 bits per heavy atom. The Balaban J connectivity index is 2.53. The van der Waals surface area contributed by atoms with Crippen LogP contribution in [-0.4, -0.2) is 39.9 Å². The van der Waals surface area contributed by atoms with Crippen LogP contribution in [0.15, 0.2) is 10.5 Å². The molecule has 1 aromatic heterocycles. The highest BCUT2D eigenvalue weighted by Gasteiger charge is 2.18. The Kier molecular flexibility index (Phi) is 5.65. The zero-order valence-electron chi connectivity index (χ0n) is 12.0. The van der Waals surface area contributed by atoms with E-state index in [1.54, 1.807) is 20.8 Å². The minimum absolute atomic E-state index is 0.0348. The lowest BCUT2D eigenvalue weighted by atomic mass is 10.2. The van der Waals surface area contributed by atoms with Crippen LogP contribution in [0, 0.1) is 0 Å². The van der Waals surface area contributed by atoms with Crippen molar-refractivity contribution in [3.05, 3.63) is 11.1 Å². The zero-order valence-corrected chi connectivity index (χ0v) is 12.8. The number of nitrogens with zero attached hydrogens (tertiary/aromatic N) is 2. The largest absolute Gasteiger partial charge is 0.476 e. The smallest absolute Gasteiger partial charge is 0.360 e. The molecule has 1 rings (SSSR count). The number of carboxylic acid groups (broad SMARTS) is 1. The molecule has 0 fully saturated rings. The summed E-state index contributed by atoms with van der Waals surface area (Å²) in [7, 11) is 0.